The maximum atomic E-state index is 12.5. The number of aryl methyl sites for hydroxylation is 2. The summed E-state index contributed by atoms with van der Waals surface area (Å²) in [5.41, 5.74) is 3.03. The highest BCUT2D eigenvalue weighted by atomic mass is 16.3. The predicted octanol–water partition coefficient (Wildman–Crippen LogP) is 3.07. The van der Waals surface area contributed by atoms with Gasteiger partial charge < -0.3 is 15.1 Å². The molecule has 0 atom stereocenters. The van der Waals surface area contributed by atoms with E-state index in [4.69, 9.17) is 4.42 Å². The van der Waals surface area contributed by atoms with Gasteiger partial charge in [0, 0.05) is 19.3 Å². The van der Waals surface area contributed by atoms with Crippen LogP contribution in [0.15, 0.2) is 65.5 Å². The first kappa shape index (κ1) is 19.2. The number of carbonyl (C=O) groups is 2. The molecule has 0 aliphatic heterocycles. The number of hydrogen-bond donors (Lipinski definition) is 2. The SMILES string of the molecule is Cc1ccc(Cn2cc(NC(=O)c3cc(NC(=O)c4ccco4)n(C)n3)cn2)cc1. The minimum Gasteiger partial charge on any atom is -0.459 e. The summed E-state index contributed by atoms with van der Waals surface area (Å²) < 4.78 is 8.22. The van der Waals surface area contributed by atoms with Crippen LogP contribution in [-0.4, -0.2) is 31.4 Å². The second-order valence-corrected chi connectivity index (χ2v) is 6.84. The molecular formula is C21H20N6O3. The third kappa shape index (κ3) is 4.30. The van der Waals surface area contributed by atoms with Crippen molar-refractivity contribution in [3.63, 3.8) is 0 Å². The highest BCUT2D eigenvalue weighted by Gasteiger charge is 2.17. The van der Waals surface area contributed by atoms with Crippen LogP contribution in [0, 0.1) is 6.92 Å². The van der Waals surface area contributed by atoms with E-state index in [9.17, 15) is 9.59 Å². The Morgan fingerprint density at radius 2 is 1.90 bits per heavy atom. The van der Waals surface area contributed by atoms with Crippen LogP contribution in [0.1, 0.15) is 32.2 Å². The molecule has 0 aliphatic carbocycles. The maximum absolute atomic E-state index is 12.5. The first-order chi connectivity index (χ1) is 14.5. The van der Waals surface area contributed by atoms with Gasteiger partial charge in [-0.25, -0.2) is 0 Å². The van der Waals surface area contributed by atoms with Crippen LogP contribution in [0.25, 0.3) is 0 Å². The predicted molar refractivity (Wildman–Crippen MR) is 110 cm³/mol. The summed E-state index contributed by atoms with van der Waals surface area (Å²) in [5, 5.41) is 13.9. The van der Waals surface area contributed by atoms with E-state index in [2.05, 4.69) is 20.8 Å². The Labute approximate surface area is 172 Å². The number of nitrogens with zero attached hydrogens (tertiary/aromatic N) is 4. The number of furan rings is 1. The molecule has 152 valence electrons. The minimum atomic E-state index is -0.424. The monoisotopic (exact) mass is 404 g/mol. The fourth-order valence-corrected chi connectivity index (χ4v) is 2.87. The van der Waals surface area contributed by atoms with Gasteiger partial charge in [-0.3, -0.25) is 19.0 Å². The molecule has 9 nitrogen and oxygen atoms in total. The van der Waals surface area contributed by atoms with Crippen LogP contribution in [-0.2, 0) is 13.6 Å². The van der Waals surface area contributed by atoms with Crippen molar-refractivity contribution in [3.8, 4) is 0 Å². The molecule has 0 unspecified atom stereocenters. The van der Waals surface area contributed by atoms with Gasteiger partial charge in [-0.2, -0.15) is 10.2 Å². The van der Waals surface area contributed by atoms with E-state index < -0.39 is 11.8 Å². The number of anilines is 2. The van der Waals surface area contributed by atoms with Gasteiger partial charge >= 0.3 is 0 Å². The lowest BCUT2D eigenvalue weighted by Crippen LogP contribution is -2.13. The van der Waals surface area contributed by atoms with Crippen LogP contribution in [0.5, 0.6) is 0 Å². The minimum absolute atomic E-state index is 0.165. The lowest BCUT2D eigenvalue weighted by atomic mass is 10.1. The number of nitrogens with one attached hydrogen (secondary N) is 2. The summed E-state index contributed by atoms with van der Waals surface area (Å²) in [6, 6.07) is 12.8. The molecule has 4 rings (SSSR count). The van der Waals surface area contributed by atoms with E-state index in [1.165, 1.54) is 22.6 Å². The highest BCUT2D eigenvalue weighted by Crippen LogP contribution is 2.14. The molecule has 0 bridgehead atoms. The Hall–Kier alpha value is -4.14. The summed E-state index contributed by atoms with van der Waals surface area (Å²) >= 11 is 0. The van der Waals surface area contributed by atoms with Crippen molar-refractivity contribution in [1.82, 2.24) is 19.6 Å². The fraction of sp³-hybridized carbons (Fsp3) is 0.143. The Bertz CT molecular complexity index is 1170. The topological polar surface area (TPSA) is 107 Å². The van der Waals surface area contributed by atoms with Crippen molar-refractivity contribution in [2.24, 2.45) is 7.05 Å². The molecule has 30 heavy (non-hydrogen) atoms. The highest BCUT2D eigenvalue weighted by molar-refractivity contribution is 6.05. The fourth-order valence-electron chi connectivity index (χ4n) is 2.87. The maximum Gasteiger partial charge on any atom is 0.292 e. The lowest BCUT2D eigenvalue weighted by Gasteiger charge is -2.02. The Balaban J connectivity index is 1.40. The van der Waals surface area contributed by atoms with Crippen molar-refractivity contribution in [2.75, 3.05) is 10.6 Å². The molecule has 0 aliphatic rings. The number of rotatable bonds is 6. The van der Waals surface area contributed by atoms with Crippen LogP contribution in [0.2, 0.25) is 0 Å². The van der Waals surface area contributed by atoms with Crippen LogP contribution in [0.4, 0.5) is 11.5 Å². The van der Waals surface area contributed by atoms with Gasteiger partial charge in [0.2, 0.25) is 0 Å². The number of carbonyl (C=O) groups excluding carboxylic acids is 2. The zero-order chi connectivity index (χ0) is 21.1. The van der Waals surface area contributed by atoms with E-state index >= 15 is 0 Å². The lowest BCUT2D eigenvalue weighted by molar-refractivity contribution is 0.0993. The molecule has 2 amide bonds. The van der Waals surface area contributed by atoms with Crippen LogP contribution in [0.3, 0.4) is 0 Å². The van der Waals surface area contributed by atoms with Gasteiger partial charge in [-0.15, -0.1) is 0 Å². The van der Waals surface area contributed by atoms with Gasteiger partial charge in [0.05, 0.1) is 24.7 Å². The molecular weight excluding hydrogens is 384 g/mol. The number of amides is 2. The Morgan fingerprint density at radius 3 is 2.63 bits per heavy atom. The van der Waals surface area contributed by atoms with Gasteiger partial charge in [-0.05, 0) is 24.6 Å². The summed E-state index contributed by atoms with van der Waals surface area (Å²) in [6.45, 7) is 2.64. The van der Waals surface area contributed by atoms with Crippen molar-refractivity contribution in [3.05, 3.63) is 83.7 Å². The molecule has 2 N–H and O–H groups in total. The number of hydrogen-bond acceptors (Lipinski definition) is 5. The first-order valence-corrected chi connectivity index (χ1v) is 9.26. The van der Waals surface area contributed by atoms with Gasteiger partial charge in [0.1, 0.15) is 5.82 Å². The third-order valence-electron chi connectivity index (χ3n) is 4.46. The zero-order valence-corrected chi connectivity index (χ0v) is 16.5. The smallest absolute Gasteiger partial charge is 0.292 e. The largest absolute Gasteiger partial charge is 0.459 e. The standard InChI is InChI=1S/C21H20N6O3/c1-14-5-7-15(8-6-14)12-27-13-16(11-22-27)23-20(28)17-10-19(26(2)25-17)24-21(29)18-4-3-9-30-18/h3-11,13H,12H2,1-2H3,(H,23,28)(H,24,29). The number of benzene rings is 1. The van der Waals surface area contributed by atoms with Crippen molar-refractivity contribution in [2.45, 2.75) is 13.5 Å². The molecule has 4 aromatic rings. The van der Waals surface area contributed by atoms with E-state index in [0.717, 1.165) is 5.56 Å². The van der Waals surface area contributed by atoms with Gasteiger partial charge in [0.15, 0.2) is 11.5 Å². The molecule has 3 heterocycles. The van der Waals surface area contributed by atoms with E-state index in [-0.39, 0.29) is 11.5 Å². The third-order valence-corrected chi connectivity index (χ3v) is 4.46. The Kier molecular flexibility index (Phi) is 5.17. The first-order valence-electron chi connectivity index (χ1n) is 9.26. The average molecular weight is 404 g/mol. The molecule has 0 saturated heterocycles. The van der Waals surface area contributed by atoms with E-state index in [1.54, 1.807) is 36.3 Å². The van der Waals surface area contributed by atoms with Crippen molar-refractivity contribution >= 4 is 23.3 Å². The zero-order valence-electron chi connectivity index (χ0n) is 16.5. The van der Waals surface area contributed by atoms with E-state index in [1.807, 2.05) is 31.2 Å². The molecule has 1 aromatic carbocycles. The number of aromatic nitrogens is 4. The Morgan fingerprint density at radius 1 is 1.10 bits per heavy atom. The molecule has 0 spiro atoms. The van der Waals surface area contributed by atoms with Gasteiger partial charge in [-0.1, -0.05) is 29.8 Å². The molecule has 0 saturated carbocycles. The van der Waals surface area contributed by atoms with Gasteiger partial charge in [0.25, 0.3) is 11.8 Å². The average Bonchev–Trinajstić information content (AvgIpc) is 3.46. The normalized spacial score (nSPS) is 10.7. The van der Waals surface area contributed by atoms with E-state index in [0.29, 0.717) is 18.1 Å². The second-order valence-electron chi connectivity index (χ2n) is 6.84. The van der Waals surface area contributed by atoms with Crippen molar-refractivity contribution < 1.29 is 14.0 Å². The molecule has 3 aromatic heterocycles. The second kappa shape index (κ2) is 8.08. The summed E-state index contributed by atoms with van der Waals surface area (Å²) in [5.74, 6) is -0.286. The molecule has 0 radical (unpaired) electrons. The summed E-state index contributed by atoms with van der Waals surface area (Å²) in [6.07, 6.45) is 4.74. The molecule has 9 heteroatoms. The summed E-state index contributed by atoms with van der Waals surface area (Å²) in [7, 11) is 1.63. The van der Waals surface area contributed by atoms with Crippen LogP contribution >= 0.6 is 0 Å². The van der Waals surface area contributed by atoms with Crippen LogP contribution < -0.4 is 10.6 Å². The van der Waals surface area contributed by atoms with Crippen molar-refractivity contribution in [1.29, 1.82) is 0 Å². The quantitative estimate of drug-likeness (QED) is 0.514. The summed E-state index contributed by atoms with van der Waals surface area (Å²) in [4.78, 5) is 24.7. The molecule has 0 fully saturated rings.